The molecular weight excluding hydrogens is 246 g/mol. The molecule has 19 heavy (non-hydrogen) atoms. The van der Waals surface area contributed by atoms with E-state index in [0.29, 0.717) is 17.6 Å². The Morgan fingerprint density at radius 1 is 1.53 bits per heavy atom. The van der Waals surface area contributed by atoms with Gasteiger partial charge in [0.05, 0.1) is 0 Å². The fourth-order valence-corrected chi connectivity index (χ4v) is 1.86. The van der Waals surface area contributed by atoms with Gasteiger partial charge in [0.2, 0.25) is 5.91 Å². The van der Waals surface area contributed by atoms with Gasteiger partial charge in [-0.05, 0) is 37.5 Å². The second kappa shape index (κ2) is 5.30. The van der Waals surface area contributed by atoms with E-state index in [-0.39, 0.29) is 0 Å². The summed E-state index contributed by atoms with van der Waals surface area (Å²) in [6.07, 6.45) is 3.96. The van der Waals surface area contributed by atoms with Crippen LogP contribution in [0.1, 0.15) is 37.7 Å². The van der Waals surface area contributed by atoms with Gasteiger partial charge >= 0.3 is 5.97 Å². The van der Waals surface area contributed by atoms with Crippen molar-refractivity contribution < 1.29 is 19.1 Å². The molecule has 3 atom stereocenters. The van der Waals surface area contributed by atoms with Crippen molar-refractivity contribution in [3.05, 3.63) is 29.7 Å². The number of rotatable bonds is 5. The van der Waals surface area contributed by atoms with E-state index in [9.17, 15) is 9.59 Å². The van der Waals surface area contributed by atoms with Crippen LogP contribution in [-0.2, 0) is 9.59 Å². The number of amides is 1. The first kappa shape index (κ1) is 13.4. The number of furan rings is 1. The second-order valence-corrected chi connectivity index (χ2v) is 4.96. The maximum absolute atomic E-state index is 11.4. The number of carbonyl (C=O) groups excluding carboxylic acids is 1. The molecule has 5 nitrogen and oxygen atoms in total. The lowest BCUT2D eigenvalue weighted by Gasteiger charge is -2.05. The molecule has 0 radical (unpaired) electrons. The van der Waals surface area contributed by atoms with E-state index in [2.05, 4.69) is 12.2 Å². The summed E-state index contributed by atoms with van der Waals surface area (Å²) >= 11 is 0. The lowest BCUT2D eigenvalue weighted by Crippen LogP contribution is -2.37. The highest BCUT2D eigenvalue weighted by molar-refractivity contribution is 5.93. The molecule has 2 rings (SSSR count). The largest absolute Gasteiger partial charge is 0.480 e. The van der Waals surface area contributed by atoms with Crippen LogP contribution in [0.25, 0.3) is 6.08 Å². The van der Waals surface area contributed by atoms with Crippen molar-refractivity contribution in [3.63, 3.8) is 0 Å². The number of carboxylic acids is 1. The summed E-state index contributed by atoms with van der Waals surface area (Å²) in [5.41, 5.74) is 0. The first-order chi connectivity index (χ1) is 8.97. The van der Waals surface area contributed by atoms with Gasteiger partial charge < -0.3 is 14.8 Å². The Balaban J connectivity index is 1.89. The summed E-state index contributed by atoms with van der Waals surface area (Å²) in [6, 6.07) is 2.83. The standard InChI is InChI=1S/C14H17NO4/c1-8-7-11(8)12-5-3-10(19-12)4-6-13(16)15-9(2)14(17)18/h3-6,8-9,11H,7H2,1-2H3,(H,15,16)(H,17,18)/b6-4+/t8?,9-,11?/m1/s1. The van der Waals surface area contributed by atoms with E-state index >= 15 is 0 Å². The number of carboxylic acid groups (broad SMARTS) is 1. The Bertz CT molecular complexity index is 517. The molecule has 1 heterocycles. The Labute approximate surface area is 111 Å². The molecule has 0 spiro atoms. The quantitative estimate of drug-likeness (QED) is 0.796. The lowest BCUT2D eigenvalue weighted by atomic mass is 10.3. The smallest absolute Gasteiger partial charge is 0.325 e. The Morgan fingerprint density at radius 2 is 2.21 bits per heavy atom. The molecule has 1 amide bonds. The highest BCUT2D eigenvalue weighted by Gasteiger charge is 2.36. The van der Waals surface area contributed by atoms with E-state index in [1.165, 1.54) is 13.0 Å². The predicted octanol–water partition coefficient (Wildman–Crippen LogP) is 2.01. The average molecular weight is 263 g/mol. The van der Waals surface area contributed by atoms with Crippen LogP contribution in [0, 0.1) is 5.92 Å². The summed E-state index contributed by atoms with van der Waals surface area (Å²) in [6.45, 7) is 3.58. The average Bonchev–Trinajstić information content (AvgIpc) is 2.90. The summed E-state index contributed by atoms with van der Waals surface area (Å²) in [4.78, 5) is 22.0. The SMILES string of the molecule is CC1CC1c1ccc(/C=C/C(=O)N[C@H](C)C(=O)O)o1. The number of carbonyl (C=O) groups is 2. The molecule has 1 fully saturated rings. The second-order valence-electron chi connectivity index (χ2n) is 4.96. The highest BCUT2D eigenvalue weighted by atomic mass is 16.4. The van der Waals surface area contributed by atoms with Gasteiger partial charge in [0.1, 0.15) is 17.6 Å². The molecule has 1 aromatic rings. The van der Waals surface area contributed by atoms with Crippen LogP contribution in [0.3, 0.4) is 0 Å². The normalized spacial score (nSPS) is 23.3. The molecule has 1 aromatic heterocycles. The lowest BCUT2D eigenvalue weighted by molar-refractivity contribution is -0.140. The molecule has 0 aromatic carbocycles. The van der Waals surface area contributed by atoms with Gasteiger partial charge in [-0.2, -0.15) is 0 Å². The van der Waals surface area contributed by atoms with Gasteiger partial charge in [-0.3, -0.25) is 9.59 Å². The third-order valence-corrected chi connectivity index (χ3v) is 3.25. The molecule has 2 N–H and O–H groups in total. The number of nitrogens with one attached hydrogen (secondary N) is 1. The van der Waals surface area contributed by atoms with Gasteiger partial charge in [-0.1, -0.05) is 6.92 Å². The number of hydrogen-bond acceptors (Lipinski definition) is 3. The third kappa shape index (κ3) is 3.47. The minimum absolute atomic E-state index is 0.451. The van der Waals surface area contributed by atoms with Gasteiger partial charge in [-0.15, -0.1) is 0 Å². The molecule has 2 unspecified atom stereocenters. The van der Waals surface area contributed by atoms with E-state index in [1.54, 1.807) is 6.08 Å². The van der Waals surface area contributed by atoms with E-state index in [0.717, 1.165) is 12.2 Å². The Hall–Kier alpha value is -2.04. The monoisotopic (exact) mass is 263 g/mol. The molecule has 5 heteroatoms. The first-order valence-electron chi connectivity index (χ1n) is 6.28. The topological polar surface area (TPSA) is 79.5 Å². The van der Waals surface area contributed by atoms with Gasteiger partial charge in [0.15, 0.2) is 0 Å². The predicted molar refractivity (Wildman–Crippen MR) is 69.5 cm³/mol. The molecule has 1 saturated carbocycles. The van der Waals surface area contributed by atoms with Crippen molar-refractivity contribution in [1.82, 2.24) is 5.32 Å². The van der Waals surface area contributed by atoms with Crippen molar-refractivity contribution in [2.24, 2.45) is 5.92 Å². The van der Waals surface area contributed by atoms with Crippen molar-refractivity contribution in [3.8, 4) is 0 Å². The van der Waals surface area contributed by atoms with Crippen LogP contribution in [0.4, 0.5) is 0 Å². The van der Waals surface area contributed by atoms with E-state index in [1.807, 2.05) is 12.1 Å². The van der Waals surface area contributed by atoms with Crippen molar-refractivity contribution in [2.75, 3.05) is 0 Å². The number of aliphatic carboxylic acids is 1. The molecule has 1 aliphatic rings. The van der Waals surface area contributed by atoms with Gasteiger partial charge in [-0.25, -0.2) is 0 Å². The summed E-state index contributed by atoms with van der Waals surface area (Å²) in [7, 11) is 0. The minimum atomic E-state index is -1.07. The van der Waals surface area contributed by atoms with Crippen molar-refractivity contribution in [2.45, 2.75) is 32.2 Å². The fourth-order valence-electron chi connectivity index (χ4n) is 1.86. The summed E-state index contributed by atoms with van der Waals surface area (Å²) in [5, 5.41) is 11.0. The molecular formula is C14H17NO4. The minimum Gasteiger partial charge on any atom is -0.480 e. The maximum Gasteiger partial charge on any atom is 0.325 e. The van der Waals surface area contributed by atoms with Gasteiger partial charge in [0, 0.05) is 12.0 Å². The molecule has 0 aliphatic heterocycles. The van der Waals surface area contributed by atoms with Crippen molar-refractivity contribution in [1.29, 1.82) is 0 Å². The first-order valence-corrected chi connectivity index (χ1v) is 6.28. The molecule has 0 bridgehead atoms. The third-order valence-electron chi connectivity index (χ3n) is 3.25. The molecule has 0 saturated heterocycles. The fraction of sp³-hybridized carbons (Fsp3) is 0.429. The highest BCUT2D eigenvalue weighted by Crippen LogP contribution is 2.47. The van der Waals surface area contributed by atoms with Crippen LogP contribution in [-0.4, -0.2) is 23.0 Å². The van der Waals surface area contributed by atoms with E-state index in [4.69, 9.17) is 9.52 Å². The summed E-state index contributed by atoms with van der Waals surface area (Å²) < 4.78 is 5.60. The van der Waals surface area contributed by atoms with Crippen LogP contribution in [0.15, 0.2) is 22.6 Å². The maximum atomic E-state index is 11.4. The molecule has 102 valence electrons. The Morgan fingerprint density at radius 3 is 2.79 bits per heavy atom. The summed E-state index contributed by atoms with van der Waals surface area (Å²) in [5.74, 6) is 1.21. The van der Waals surface area contributed by atoms with Crippen LogP contribution in [0.2, 0.25) is 0 Å². The Kier molecular flexibility index (Phi) is 3.74. The zero-order valence-electron chi connectivity index (χ0n) is 10.9. The van der Waals surface area contributed by atoms with Crippen molar-refractivity contribution >= 4 is 18.0 Å². The van der Waals surface area contributed by atoms with Crippen LogP contribution >= 0.6 is 0 Å². The van der Waals surface area contributed by atoms with E-state index < -0.39 is 17.9 Å². The zero-order valence-corrected chi connectivity index (χ0v) is 10.9. The van der Waals surface area contributed by atoms with Crippen LogP contribution in [0.5, 0.6) is 0 Å². The zero-order chi connectivity index (χ0) is 14.0. The number of hydrogen-bond donors (Lipinski definition) is 2. The molecule has 1 aliphatic carbocycles. The van der Waals surface area contributed by atoms with Crippen LogP contribution < -0.4 is 5.32 Å². The van der Waals surface area contributed by atoms with Gasteiger partial charge in [0.25, 0.3) is 0 Å².